The van der Waals surface area contributed by atoms with Crippen LogP contribution in [0.2, 0.25) is 0 Å². The molecule has 0 amide bonds. The molecule has 0 spiro atoms. The van der Waals surface area contributed by atoms with E-state index in [9.17, 15) is 8.42 Å². The summed E-state index contributed by atoms with van der Waals surface area (Å²) in [4.78, 5) is 2.43. The van der Waals surface area contributed by atoms with Gasteiger partial charge in [-0.2, -0.15) is 0 Å². The summed E-state index contributed by atoms with van der Waals surface area (Å²) in [6.45, 7) is 5.99. The van der Waals surface area contributed by atoms with Crippen molar-refractivity contribution in [1.82, 2.24) is 5.32 Å². The fraction of sp³-hybridized carbons (Fsp3) is 0.368. The Bertz CT molecular complexity index is 910. The Balaban J connectivity index is 1.94. The van der Waals surface area contributed by atoms with Gasteiger partial charge in [0.05, 0.1) is 12.8 Å². The second kappa shape index (κ2) is 8.08. The summed E-state index contributed by atoms with van der Waals surface area (Å²) in [6, 6.07) is 13.0. The van der Waals surface area contributed by atoms with E-state index in [0.717, 1.165) is 18.8 Å². The smallest absolute Gasteiger partial charge is 0.263 e. The average molecular weight is 454 g/mol. The number of hydrogen-bond acceptors (Lipinski definition) is 5. The summed E-state index contributed by atoms with van der Waals surface area (Å²) >= 11 is 3.31. The Labute approximate surface area is 169 Å². The Morgan fingerprint density at radius 2 is 1.81 bits per heavy atom. The van der Waals surface area contributed by atoms with E-state index >= 15 is 0 Å². The van der Waals surface area contributed by atoms with Crippen molar-refractivity contribution in [2.75, 3.05) is 29.8 Å². The monoisotopic (exact) mass is 453 g/mol. The first-order chi connectivity index (χ1) is 12.8. The third kappa shape index (κ3) is 4.56. The molecule has 2 aromatic rings. The molecule has 1 saturated heterocycles. The van der Waals surface area contributed by atoms with Crippen LogP contribution >= 0.6 is 15.9 Å². The zero-order valence-corrected chi connectivity index (χ0v) is 18.0. The van der Waals surface area contributed by atoms with Crippen molar-refractivity contribution in [3.05, 3.63) is 46.9 Å². The number of ether oxygens (including phenoxy) is 1. The first kappa shape index (κ1) is 20.0. The molecule has 3 rings (SSSR count). The van der Waals surface area contributed by atoms with Crippen LogP contribution in [0.25, 0.3) is 0 Å². The van der Waals surface area contributed by atoms with Crippen LogP contribution in [0.5, 0.6) is 5.75 Å². The fourth-order valence-corrected chi connectivity index (χ4v) is 5.44. The average Bonchev–Trinajstić information content (AvgIpc) is 2.60. The Hall–Kier alpha value is -1.77. The zero-order chi connectivity index (χ0) is 19.6. The van der Waals surface area contributed by atoms with Crippen molar-refractivity contribution >= 4 is 37.3 Å². The first-order valence-electron chi connectivity index (χ1n) is 8.76. The third-order valence-electron chi connectivity index (χ3n) is 4.48. The molecule has 0 saturated carbocycles. The number of rotatable bonds is 5. The molecule has 1 fully saturated rings. The summed E-state index contributed by atoms with van der Waals surface area (Å²) in [6.07, 6.45) is 0. The summed E-state index contributed by atoms with van der Waals surface area (Å²) < 4.78 is 34.3. The van der Waals surface area contributed by atoms with Gasteiger partial charge < -0.3 is 15.0 Å². The van der Waals surface area contributed by atoms with E-state index in [-0.39, 0.29) is 4.90 Å². The van der Waals surface area contributed by atoms with Crippen LogP contribution in [0.1, 0.15) is 13.8 Å². The van der Waals surface area contributed by atoms with Crippen molar-refractivity contribution in [2.24, 2.45) is 0 Å². The number of hydrogen-bond donors (Lipinski definition) is 2. The predicted octanol–water partition coefficient (Wildman–Crippen LogP) is 3.45. The number of anilines is 2. The van der Waals surface area contributed by atoms with E-state index in [1.165, 1.54) is 7.11 Å². The molecule has 0 aliphatic carbocycles. The molecule has 27 heavy (non-hydrogen) atoms. The molecule has 146 valence electrons. The van der Waals surface area contributed by atoms with Crippen LogP contribution in [0.3, 0.4) is 0 Å². The molecule has 0 radical (unpaired) electrons. The van der Waals surface area contributed by atoms with Gasteiger partial charge >= 0.3 is 0 Å². The molecule has 2 atom stereocenters. The highest BCUT2D eigenvalue weighted by Crippen LogP contribution is 2.33. The lowest BCUT2D eigenvalue weighted by atomic mass is 10.1. The first-order valence-corrected chi connectivity index (χ1v) is 11.0. The van der Waals surface area contributed by atoms with Gasteiger partial charge in [-0.15, -0.1) is 0 Å². The number of halogens is 1. The number of nitrogens with one attached hydrogen (secondary N) is 2. The minimum atomic E-state index is -3.75. The van der Waals surface area contributed by atoms with Gasteiger partial charge in [0, 0.05) is 35.3 Å². The Kier molecular flexibility index (Phi) is 5.98. The minimum Gasteiger partial charge on any atom is -0.495 e. The topological polar surface area (TPSA) is 70.7 Å². The van der Waals surface area contributed by atoms with Gasteiger partial charge in [-0.05, 0) is 60.1 Å². The van der Waals surface area contributed by atoms with Crippen LogP contribution in [-0.4, -0.2) is 40.7 Å². The predicted molar refractivity (Wildman–Crippen MR) is 112 cm³/mol. The maximum absolute atomic E-state index is 12.9. The standard InChI is InChI=1S/C19H24BrN3O3S/c1-13-11-23(12-14(2)21-13)15-8-9-18(26-3)17(10-15)22-27(24,25)19-7-5-4-6-16(19)20/h4-10,13-14,21-22H,11-12H2,1-3H3. The van der Waals surface area contributed by atoms with Crippen molar-refractivity contribution < 1.29 is 13.2 Å². The van der Waals surface area contributed by atoms with Gasteiger partial charge in [0.15, 0.2) is 0 Å². The SMILES string of the molecule is COc1ccc(N2CC(C)NC(C)C2)cc1NS(=O)(=O)c1ccccc1Br. The molecule has 0 bridgehead atoms. The molecular weight excluding hydrogens is 430 g/mol. The molecule has 1 heterocycles. The second-order valence-electron chi connectivity index (χ2n) is 6.79. The largest absolute Gasteiger partial charge is 0.495 e. The lowest BCUT2D eigenvalue weighted by Crippen LogP contribution is -2.54. The Morgan fingerprint density at radius 3 is 2.44 bits per heavy atom. The van der Waals surface area contributed by atoms with E-state index in [4.69, 9.17) is 4.74 Å². The fourth-order valence-electron chi connectivity index (χ4n) is 3.37. The maximum atomic E-state index is 12.9. The molecule has 6 nitrogen and oxygen atoms in total. The van der Waals surface area contributed by atoms with E-state index < -0.39 is 10.0 Å². The van der Waals surface area contributed by atoms with Gasteiger partial charge in [0.1, 0.15) is 10.6 Å². The van der Waals surface area contributed by atoms with Gasteiger partial charge in [0.25, 0.3) is 10.0 Å². The van der Waals surface area contributed by atoms with E-state index in [1.54, 1.807) is 30.3 Å². The third-order valence-corrected chi connectivity index (χ3v) is 6.85. The lowest BCUT2D eigenvalue weighted by Gasteiger charge is -2.38. The molecule has 1 aliphatic heterocycles. The summed E-state index contributed by atoms with van der Waals surface area (Å²) in [5.41, 5.74) is 1.38. The van der Waals surface area contributed by atoms with Crippen LogP contribution < -0.4 is 19.7 Å². The van der Waals surface area contributed by atoms with Crippen molar-refractivity contribution in [3.63, 3.8) is 0 Å². The highest BCUT2D eigenvalue weighted by atomic mass is 79.9. The molecular formula is C19H24BrN3O3S. The molecule has 2 N–H and O–H groups in total. The molecule has 0 aromatic heterocycles. The van der Waals surface area contributed by atoms with Gasteiger partial charge in [-0.25, -0.2) is 8.42 Å². The van der Waals surface area contributed by atoms with Crippen LogP contribution in [0, 0.1) is 0 Å². The normalized spacial score (nSPS) is 20.4. The van der Waals surface area contributed by atoms with Crippen molar-refractivity contribution in [1.29, 1.82) is 0 Å². The summed E-state index contributed by atoms with van der Waals surface area (Å²) in [7, 11) is -2.23. The van der Waals surface area contributed by atoms with Gasteiger partial charge in [-0.1, -0.05) is 12.1 Å². The number of piperazine rings is 1. The van der Waals surface area contributed by atoms with Gasteiger partial charge in [0.2, 0.25) is 0 Å². The van der Waals surface area contributed by atoms with Gasteiger partial charge in [-0.3, -0.25) is 4.72 Å². The number of sulfonamides is 1. The van der Waals surface area contributed by atoms with Crippen LogP contribution in [0.4, 0.5) is 11.4 Å². The summed E-state index contributed by atoms with van der Waals surface area (Å²) in [5.74, 6) is 0.477. The molecule has 1 aliphatic rings. The highest BCUT2D eigenvalue weighted by molar-refractivity contribution is 9.10. The van der Waals surface area contributed by atoms with E-state index in [2.05, 4.69) is 44.7 Å². The lowest BCUT2D eigenvalue weighted by molar-refractivity contribution is 0.406. The maximum Gasteiger partial charge on any atom is 0.263 e. The van der Waals surface area contributed by atoms with Crippen LogP contribution in [-0.2, 0) is 10.0 Å². The van der Waals surface area contributed by atoms with Crippen molar-refractivity contribution in [2.45, 2.75) is 30.8 Å². The highest BCUT2D eigenvalue weighted by Gasteiger charge is 2.23. The van der Waals surface area contributed by atoms with Crippen LogP contribution in [0.15, 0.2) is 51.8 Å². The minimum absolute atomic E-state index is 0.182. The number of nitrogens with zero attached hydrogens (tertiary/aromatic N) is 1. The van der Waals surface area contributed by atoms with E-state index in [1.807, 2.05) is 12.1 Å². The quantitative estimate of drug-likeness (QED) is 0.725. The Morgan fingerprint density at radius 1 is 1.15 bits per heavy atom. The summed E-state index contributed by atoms with van der Waals surface area (Å²) in [5, 5.41) is 3.50. The van der Waals surface area contributed by atoms with E-state index in [0.29, 0.717) is 28.0 Å². The second-order valence-corrected chi connectivity index (χ2v) is 9.30. The molecule has 8 heteroatoms. The zero-order valence-electron chi connectivity index (χ0n) is 15.6. The van der Waals surface area contributed by atoms with Crippen molar-refractivity contribution in [3.8, 4) is 5.75 Å². The molecule has 2 unspecified atom stereocenters. The number of benzene rings is 2. The molecule has 2 aromatic carbocycles. The number of methoxy groups -OCH3 is 1.